The molecule has 2 heterocycles. The van der Waals surface area contributed by atoms with Crippen LogP contribution >= 0.6 is 11.8 Å². The normalized spacial score (nSPS) is 10.8. The molecule has 0 aromatic carbocycles. The maximum absolute atomic E-state index is 10.6. The molecule has 2 aromatic heterocycles. The Morgan fingerprint density at radius 2 is 2.28 bits per heavy atom. The molecule has 0 saturated carbocycles. The van der Waals surface area contributed by atoms with E-state index in [0.29, 0.717) is 17.5 Å². The SMILES string of the molecule is CCn1c(SCC(=O)O)nnc1-c1cnn(C)c1. The zero-order chi connectivity index (χ0) is 13.1. The van der Waals surface area contributed by atoms with Crippen LogP contribution in [-0.4, -0.2) is 41.4 Å². The number of nitrogens with zero attached hydrogens (tertiary/aromatic N) is 5. The lowest BCUT2D eigenvalue weighted by atomic mass is 10.3. The number of aryl methyl sites for hydroxylation is 1. The number of carboxylic acids is 1. The van der Waals surface area contributed by atoms with Crippen molar-refractivity contribution in [3.05, 3.63) is 12.4 Å². The summed E-state index contributed by atoms with van der Waals surface area (Å²) in [6, 6.07) is 0. The molecule has 0 atom stereocenters. The van der Waals surface area contributed by atoms with Crippen molar-refractivity contribution in [1.82, 2.24) is 24.5 Å². The molecule has 0 radical (unpaired) electrons. The Morgan fingerprint density at radius 1 is 1.50 bits per heavy atom. The Balaban J connectivity index is 2.29. The first-order valence-corrected chi connectivity index (χ1v) is 6.37. The van der Waals surface area contributed by atoms with E-state index in [0.717, 1.165) is 17.3 Å². The molecule has 2 aromatic rings. The molecule has 0 aliphatic carbocycles. The Bertz CT molecular complexity index is 562. The van der Waals surface area contributed by atoms with Gasteiger partial charge in [0.05, 0.1) is 17.5 Å². The number of carbonyl (C=O) groups is 1. The van der Waals surface area contributed by atoms with Crippen LogP contribution < -0.4 is 0 Å². The number of hydrogen-bond acceptors (Lipinski definition) is 5. The third kappa shape index (κ3) is 2.53. The highest BCUT2D eigenvalue weighted by molar-refractivity contribution is 7.99. The van der Waals surface area contributed by atoms with Gasteiger partial charge in [0, 0.05) is 19.8 Å². The molecule has 18 heavy (non-hydrogen) atoms. The number of thioether (sulfide) groups is 1. The average molecular weight is 267 g/mol. The Hall–Kier alpha value is -1.83. The van der Waals surface area contributed by atoms with Gasteiger partial charge in [0.25, 0.3) is 0 Å². The highest BCUT2D eigenvalue weighted by atomic mass is 32.2. The van der Waals surface area contributed by atoms with E-state index in [1.54, 1.807) is 10.9 Å². The predicted octanol–water partition coefficient (Wildman–Crippen LogP) is 0.875. The molecule has 2 rings (SSSR count). The van der Waals surface area contributed by atoms with Crippen molar-refractivity contribution in [2.45, 2.75) is 18.6 Å². The van der Waals surface area contributed by atoms with Gasteiger partial charge in [-0.2, -0.15) is 5.10 Å². The molecule has 0 aliphatic heterocycles. The van der Waals surface area contributed by atoms with Crippen molar-refractivity contribution in [2.24, 2.45) is 7.05 Å². The van der Waals surface area contributed by atoms with Crippen LogP contribution in [0.1, 0.15) is 6.92 Å². The summed E-state index contributed by atoms with van der Waals surface area (Å²) >= 11 is 1.16. The minimum Gasteiger partial charge on any atom is -0.481 e. The van der Waals surface area contributed by atoms with Crippen molar-refractivity contribution in [1.29, 1.82) is 0 Å². The molecule has 7 nitrogen and oxygen atoms in total. The Morgan fingerprint density at radius 3 is 2.83 bits per heavy atom. The van der Waals surface area contributed by atoms with Gasteiger partial charge >= 0.3 is 5.97 Å². The van der Waals surface area contributed by atoms with E-state index >= 15 is 0 Å². The molecule has 0 fully saturated rings. The van der Waals surface area contributed by atoms with Gasteiger partial charge in [-0.25, -0.2) is 0 Å². The fourth-order valence-corrected chi connectivity index (χ4v) is 2.28. The zero-order valence-electron chi connectivity index (χ0n) is 10.1. The van der Waals surface area contributed by atoms with E-state index in [2.05, 4.69) is 15.3 Å². The van der Waals surface area contributed by atoms with Crippen LogP contribution in [0.15, 0.2) is 17.6 Å². The zero-order valence-corrected chi connectivity index (χ0v) is 10.9. The maximum atomic E-state index is 10.6. The van der Waals surface area contributed by atoms with Crippen molar-refractivity contribution in [3.63, 3.8) is 0 Å². The molecule has 96 valence electrons. The molecule has 0 bridgehead atoms. The second kappa shape index (κ2) is 5.21. The van der Waals surface area contributed by atoms with Crippen molar-refractivity contribution in [3.8, 4) is 11.4 Å². The monoisotopic (exact) mass is 267 g/mol. The summed E-state index contributed by atoms with van der Waals surface area (Å²) in [4.78, 5) is 10.6. The molecule has 8 heteroatoms. The van der Waals surface area contributed by atoms with Crippen LogP contribution in [0.4, 0.5) is 0 Å². The van der Waals surface area contributed by atoms with Crippen LogP contribution in [0.3, 0.4) is 0 Å². The van der Waals surface area contributed by atoms with Gasteiger partial charge in [0.2, 0.25) is 0 Å². The third-order valence-electron chi connectivity index (χ3n) is 2.32. The second-order valence-corrected chi connectivity index (χ2v) is 4.58. The van der Waals surface area contributed by atoms with Crippen LogP contribution in [0.5, 0.6) is 0 Å². The lowest BCUT2D eigenvalue weighted by Crippen LogP contribution is -2.03. The Kier molecular flexibility index (Phi) is 3.66. The summed E-state index contributed by atoms with van der Waals surface area (Å²) in [7, 11) is 1.83. The van der Waals surface area contributed by atoms with Gasteiger partial charge in [-0.15, -0.1) is 10.2 Å². The van der Waals surface area contributed by atoms with Gasteiger partial charge in [0.1, 0.15) is 0 Å². The first-order valence-electron chi connectivity index (χ1n) is 5.38. The summed E-state index contributed by atoms with van der Waals surface area (Å²) in [5.74, 6) is -0.183. The maximum Gasteiger partial charge on any atom is 0.313 e. The van der Waals surface area contributed by atoms with Crippen LogP contribution in [-0.2, 0) is 18.4 Å². The fourth-order valence-electron chi connectivity index (χ4n) is 1.56. The molecule has 0 aliphatic rings. The van der Waals surface area contributed by atoms with Crippen molar-refractivity contribution in [2.75, 3.05) is 5.75 Å². The average Bonchev–Trinajstić information content (AvgIpc) is 2.91. The smallest absolute Gasteiger partial charge is 0.313 e. The number of hydrogen-bond donors (Lipinski definition) is 1. The summed E-state index contributed by atoms with van der Waals surface area (Å²) < 4.78 is 3.57. The largest absolute Gasteiger partial charge is 0.481 e. The summed E-state index contributed by atoms with van der Waals surface area (Å²) in [5, 5.41) is 21.5. The molecule has 0 unspecified atom stereocenters. The van der Waals surface area contributed by atoms with Gasteiger partial charge in [0.15, 0.2) is 11.0 Å². The van der Waals surface area contributed by atoms with Crippen LogP contribution in [0, 0.1) is 0 Å². The minimum atomic E-state index is -0.867. The highest BCUT2D eigenvalue weighted by Crippen LogP contribution is 2.23. The minimum absolute atomic E-state index is 0.0226. The molecular formula is C10H13N5O2S. The van der Waals surface area contributed by atoms with E-state index in [4.69, 9.17) is 5.11 Å². The van der Waals surface area contributed by atoms with E-state index in [-0.39, 0.29) is 5.75 Å². The third-order valence-corrected chi connectivity index (χ3v) is 3.27. The topological polar surface area (TPSA) is 85.8 Å². The lowest BCUT2D eigenvalue weighted by molar-refractivity contribution is -0.133. The van der Waals surface area contributed by atoms with Gasteiger partial charge in [-0.1, -0.05) is 11.8 Å². The van der Waals surface area contributed by atoms with Crippen LogP contribution in [0.25, 0.3) is 11.4 Å². The molecule has 1 N–H and O–H groups in total. The highest BCUT2D eigenvalue weighted by Gasteiger charge is 2.15. The fraction of sp³-hybridized carbons (Fsp3) is 0.400. The molecule has 0 amide bonds. The molecule has 0 spiro atoms. The Labute approximate surface area is 108 Å². The first kappa shape index (κ1) is 12.6. The van der Waals surface area contributed by atoms with E-state index < -0.39 is 5.97 Å². The van der Waals surface area contributed by atoms with E-state index in [9.17, 15) is 4.79 Å². The number of aromatic nitrogens is 5. The summed E-state index contributed by atoms with van der Waals surface area (Å²) in [5.41, 5.74) is 0.869. The predicted molar refractivity (Wildman–Crippen MR) is 66.3 cm³/mol. The van der Waals surface area contributed by atoms with Crippen LogP contribution in [0.2, 0.25) is 0 Å². The summed E-state index contributed by atoms with van der Waals surface area (Å²) in [6.45, 7) is 2.65. The van der Waals surface area contributed by atoms with Crippen molar-refractivity contribution >= 4 is 17.7 Å². The van der Waals surface area contributed by atoms with Gasteiger partial charge in [-0.3, -0.25) is 9.48 Å². The number of carboxylic acid groups (broad SMARTS) is 1. The quantitative estimate of drug-likeness (QED) is 0.809. The standard InChI is InChI=1S/C10H13N5O2S/c1-3-15-9(7-4-11-14(2)5-7)12-13-10(15)18-6-8(16)17/h4-5H,3,6H2,1-2H3,(H,16,17). The van der Waals surface area contributed by atoms with Gasteiger partial charge in [-0.05, 0) is 6.92 Å². The van der Waals surface area contributed by atoms with Crippen molar-refractivity contribution < 1.29 is 9.90 Å². The van der Waals surface area contributed by atoms with E-state index in [1.165, 1.54) is 0 Å². The number of rotatable bonds is 5. The van der Waals surface area contributed by atoms with E-state index in [1.807, 2.05) is 24.7 Å². The number of aliphatic carboxylic acids is 1. The molecule has 0 saturated heterocycles. The lowest BCUT2D eigenvalue weighted by Gasteiger charge is -2.04. The second-order valence-electron chi connectivity index (χ2n) is 3.64. The van der Waals surface area contributed by atoms with Gasteiger partial charge < -0.3 is 9.67 Å². The molecular weight excluding hydrogens is 254 g/mol. The first-order chi connectivity index (χ1) is 8.61. The summed E-state index contributed by atoms with van der Waals surface area (Å²) in [6.07, 6.45) is 3.56.